The number of halogens is 1. The summed E-state index contributed by atoms with van der Waals surface area (Å²) in [5.74, 6) is 4.50. The van der Waals surface area contributed by atoms with Gasteiger partial charge in [0.25, 0.3) is 0 Å². The summed E-state index contributed by atoms with van der Waals surface area (Å²) in [7, 11) is 4.21. The lowest BCUT2D eigenvalue weighted by Gasteiger charge is -2.46. The number of hydrogen-bond acceptors (Lipinski definition) is 16. The summed E-state index contributed by atoms with van der Waals surface area (Å²) in [6.07, 6.45) is 9.19. The second kappa shape index (κ2) is 21.6. The number of nitrogens with two attached hydrogens (primary N) is 2. The van der Waals surface area contributed by atoms with Gasteiger partial charge in [-0.05, 0) is 104 Å². The minimum Gasteiger partial charge on any atom is -0.537 e. The number of unbranched alkanes of at least 4 members (excludes halogenated alkanes) is 2. The number of nitrogens with zero attached hydrogens (tertiary/aromatic N) is 4. The van der Waals surface area contributed by atoms with Gasteiger partial charge >= 0.3 is 7.69 Å². The van der Waals surface area contributed by atoms with Crippen LogP contribution in [0.1, 0.15) is 89.2 Å². The summed E-state index contributed by atoms with van der Waals surface area (Å²) in [6, 6.07) is 27.4. The molecule has 4 aromatic rings. The van der Waals surface area contributed by atoms with Crippen molar-refractivity contribution in [1.82, 2.24) is 10.1 Å². The van der Waals surface area contributed by atoms with Gasteiger partial charge in [0, 0.05) is 50.7 Å². The van der Waals surface area contributed by atoms with E-state index in [-0.39, 0.29) is 0 Å². The second-order valence-corrected chi connectivity index (χ2v) is 18.8. The molecule has 16 nitrogen and oxygen atoms in total. The zero-order valence-electron chi connectivity index (χ0n) is 39.4. The Kier molecular flexibility index (Phi) is 15.6. The summed E-state index contributed by atoms with van der Waals surface area (Å²) in [5.41, 5.74) is 13.4. The van der Waals surface area contributed by atoms with E-state index in [1.165, 1.54) is 5.06 Å². The summed E-state index contributed by atoms with van der Waals surface area (Å²) in [6.45, 7) is 8.31. The van der Waals surface area contributed by atoms with Crippen molar-refractivity contribution in [3.05, 3.63) is 101 Å². The molecule has 68 heavy (non-hydrogen) atoms. The number of guanidine groups is 2. The maximum atomic E-state index is 8.44. The Morgan fingerprint density at radius 1 is 0.676 bits per heavy atom. The van der Waals surface area contributed by atoms with E-state index in [1.807, 2.05) is 48.5 Å². The van der Waals surface area contributed by atoms with Crippen LogP contribution in [0.4, 0.5) is 0 Å². The van der Waals surface area contributed by atoms with Gasteiger partial charge in [0.15, 0.2) is 0 Å². The van der Waals surface area contributed by atoms with Crippen molar-refractivity contribution in [2.24, 2.45) is 21.5 Å². The minimum absolute atomic E-state index is 0.362. The van der Waals surface area contributed by atoms with Crippen molar-refractivity contribution < 1.29 is 47.8 Å². The SMILES string of the molecule is CCCCOc1cccc(-c2ccc3c(c2)C2(CC4(CCCOC4)O3)N=C(N)N(C)O2)c1.CCCCOc1cccc(O[B]O)c1.CN1OC2(CC3(CCCOC3)Oc3ccc(Br)cc32)N=C1N. The molecular formula is C50H63BBrN6O10. The van der Waals surface area contributed by atoms with Crippen LogP contribution < -0.4 is 35.1 Å². The third-order valence-electron chi connectivity index (χ3n) is 12.6. The highest BCUT2D eigenvalue weighted by Gasteiger charge is 2.56. The normalized spacial score (nSPS) is 25.4. The highest BCUT2D eigenvalue weighted by molar-refractivity contribution is 9.10. The van der Waals surface area contributed by atoms with Crippen LogP contribution in [0.15, 0.2) is 99.4 Å². The molecular weight excluding hydrogens is 935 g/mol. The first-order valence-electron chi connectivity index (χ1n) is 23.5. The first kappa shape index (κ1) is 49.2. The third kappa shape index (κ3) is 11.1. The van der Waals surface area contributed by atoms with Gasteiger partial charge < -0.3 is 49.6 Å². The summed E-state index contributed by atoms with van der Waals surface area (Å²) in [4.78, 5) is 21.8. The van der Waals surface area contributed by atoms with Crippen LogP contribution in [-0.2, 0) is 30.6 Å². The Labute approximate surface area is 408 Å². The lowest BCUT2D eigenvalue weighted by atomic mass is 9.80. The van der Waals surface area contributed by atoms with E-state index >= 15 is 0 Å². The molecule has 0 aromatic heterocycles. The Morgan fingerprint density at radius 2 is 1.19 bits per heavy atom. The van der Waals surface area contributed by atoms with Crippen molar-refractivity contribution in [2.75, 3.05) is 53.7 Å². The maximum absolute atomic E-state index is 8.44. The van der Waals surface area contributed by atoms with Crippen LogP contribution in [0.3, 0.4) is 0 Å². The molecule has 4 aromatic carbocycles. The topological polar surface area (TPSA) is 187 Å². The van der Waals surface area contributed by atoms with E-state index in [0.29, 0.717) is 58.0 Å². The number of rotatable bonds is 11. The molecule has 2 saturated heterocycles. The van der Waals surface area contributed by atoms with E-state index in [2.05, 4.69) is 59.0 Å². The molecule has 0 aliphatic carbocycles. The Bertz CT molecular complexity index is 2420. The fourth-order valence-electron chi connectivity index (χ4n) is 9.29. The monoisotopic (exact) mass is 997 g/mol. The third-order valence-corrected chi connectivity index (χ3v) is 13.1. The van der Waals surface area contributed by atoms with Gasteiger partial charge in [-0.1, -0.05) is 66.9 Å². The van der Waals surface area contributed by atoms with Gasteiger partial charge in [-0.3, -0.25) is 0 Å². The van der Waals surface area contributed by atoms with Crippen molar-refractivity contribution in [3.63, 3.8) is 0 Å². The van der Waals surface area contributed by atoms with Gasteiger partial charge in [0.1, 0.15) is 39.9 Å². The highest BCUT2D eigenvalue weighted by atomic mass is 79.9. The molecule has 0 amide bonds. The fourth-order valence-corrected chi connectivity index (χ4v) is 9.65. The van der Waals surface area contributed by atoms with E-state index in [1.54, 1.807) is 31.3 Å². The molecule has 5 N–H and O–H groups in total. The molecule has 4 unspecified atom stereocenters. The number of ether oxygens (including phenoxy) is 6. The number of hydrogen-bond donors (Lipinski definition) is 3. The fraction of sp³-hybridized carbons (Fsp3) is 0.480. The van der Waals surface area contributed by atoms with Crippen LogP contribution in [-0.4, -0.2) is 99.7 Å². The molecule has 363 valence electrons. The quantitative estimate of drug-likeness (QED) is 0.0967. The number of benzene rings is 4. The predicted molar refractivity (Wildman–Crippen MR) is 262 cm³/mol. The lowest BCUT2D eigenvalue weighted by molar-refractivity contribution is -0.216. The Hall–Kier alpha value is -5.24. The van der Waals surface area contributed by atoms with Crippen molar-refractivity contribution in [3.8, 4) is 39.9 Å². The van der Waals surface area contributed by atoms with Crippen LogP contribution >= 0.6 is 15.9 Å². The summed E-state index contributed by atoms with van der Waals surface area (Å²) >= 11 is 3.51. The standard InChI is InChI=1S/C25H31N3O4.C15H18BrN3O3.C10H14BO3/c1-3-4-13-30-20-8-5-7-18(14-20)19-9-10-22-21(15-19)25(27-23(26)28(2)32-25)16-24(31-22)11-6-12-29-17-24;1-19-13(17)18-15(22-19)8-14(5-2-6-20-9-14)21-12-4-3-10(16)7-11(12)15;1-2-3-7-13-9-5-4-6-10(8-9)14-11-12/h5,7-10,14-15H,3-4,6,11-13,16-17H2,1-2H3,(H2,26,27);3-4,7H,2,5-6,8-9H2,1H3,(H2,17,18);4-6,8,12H,2-3,7H2,1H3. The molecule has 0 bridgehead atoms. The van der Waals surface area contributed by atoms with Gasteiger partial charge in [-0.2, -0.15) is 0 Å². The molecule has 6 heterocycles. The molecule has 1 radical (unpaired) electrons. The molecule has 6 aliphatic heterocycles. The van der Waals surface area contributed by atoms with E-state index in [0.717, 1.165) is 121 Å². The molecule has 0 saturated carbocycles. The summed E-state index contributed by atoms with van der Waals surface area (Å²) < 4.78 is 41.5. The average Bonchev–Trinajstić information content (AvgIpc) is 3.78. The van der Waals surface area contributed by atoms with Crippen LogP contribution in [0, 0.1) is 0 Å². The van der Waals surface area contributed by atoms with Gasteiger partial charge in [-0.15, -0.1) is 0 Å². The molecule has 4 atom stereocenters. The molecule has 4 spiro atoms. The van der Waals surface area contributed by atoms with Crippen molar-refractivity contribution >= 4 is 35.5 Å². The minimum atomic E-state index is -0.918. The highest BCUT2D eigenvalue weighted by Crippen LogP contribution is 2.53. The van der Waals surface area contributed by atoms with E-state index in [4.69, 9.17) is 64.2 Å². The average molecular weight is 999 g/mol. The number of hydroxylamine groups is 4. The lowest BCUT2D eigenvalue weighted by Crippen LogP contribution is -2.53. The van der Waals surface area contributed by atoms with Crippen LogP contribution in [0.25, 0.3) is 11.1 Å². The largest absolute Gasteiger partial charge is 0.569 e. The van der Waals surface area contributed by atoms with Crippen LogP contribution in [0.2, 0.25) is 0 Å². The Morgan fingerprint density at radius 3 is 1.71 bits per heavy atom. The van der Waals surface area contributed by atoms with E-state index < -0.39 is 22.7 Å². The zero-order valence-corrected chi connectivity index (χ0v) is 41.0. The van der Waals surface area contributed by atoms with Crippen molar-refractivity contribution in [2.45, 2.75) is 101 Å². The number of aliphatic imine (C=N–C) groups is 2. The molecule has 10 rings (SSSR count). The predicted octanol–water partition coefficient (Wildman–Crippen LogP) is 8.10. The number of fused-ring (bicyclic) bond motifs is 4. The van der Waals surface area contributed by atoms with Crippen LogP contribution in [0.5, 0.6) is 28.7 Å². The second-order valence-electron chi connectivity index (χ2n) is 17.9. The molecule has 6 aliphatic rings. The Balaban J connectivity index is 0.000000150. The first-order chi connectivity index (χ1) is 32.9. The van der Waals surface area contributed by atoms with Gasteiger partial charge in [0.05, 0.1) is 37.6 Å². The van der Waals surface area contributed by atoms with Gasteiger partial charge in [0.2, 0.25) is 23.4 Å². The summed E-state index contributed by atoms with van der Waals surface area (Å²) in [5, 5.41) is 11.5. The van der Waals surface area contributed by atoms with E-state index in [9.17, 15) is 0 Å². The maximum Gasteiger partial charge on any atom is 0.569 e. The zero-order chi connectivity index (χ0) is 47.8. The molecule has 2 fully saturated rings. The smallest absolute Gasteiger partial charge is 0.537 e. The van der Waals surface area contributed by atoms with Gasteiger partial charge in [-0.25, -0.2) is 29.8 Å². The first-order valence-corrected chi connectivity index (χ1v) is 24.3. The van der Waals surface area contributed by atoms with Crippen molar-refractivity contribution in [1.29, 1.82) is 0 Å². The molecule has 18 heteroatoms.